The average molecular weight is 406 g/mol. The van der Waals surface area contributed by atoms with Crippen LogP contribution in [0.1, 0.15) is 35.1 Å². The van der Waals surface area contributed by atoms with Gasteiger partial charge in [-0.05, 0) is 61.8 Å². The van der Waals surface area contributed by atoms with Crippen LogP contribution in [0, 0.1) is 5.92 Å². The highest BCUT2D eigenvalue weighted by Crippen LogP contribution is 2.48. The Morgan fingerprint density at radius 1 is 1.14 bits per heavy atom. The Hall–Kier alpha value is -2.54. The topological polar surface area (TPSA) is 41.6 Å². The van der Waals surface area contributed by atoms with Gasteiger partial charge in [-0.15, -0.1) is 0 Å². The standard InChI is InChI=1S/C22H25F3N2O2/c1-27(2)20(15-6-10-17(29-3)11-7-15)13-26-21(28)19-12-18(19)14-4-8-16(9-5-14)22(23,24)25/h4-11,18-20H,12-13H2,1-3H3,(H,26,28). The lowest BCUT2D eigenvalue weighted by Gasteiger charge is -2.25. The monoisotopic (exact) mass is 406 g/mol. The van der Waals surface area contributed by atoms with Crippen molar-refractivity contribution in [1.29, 1.82) is 0 Å². The van der Waals surface area contributed by atoms with Crippen LogP contribution in [0.15, 0.2) is 48.5 Å². The minimum atomic E-state index is -4.35. The van der Waals surface area contributed by atoms with Crippen LogP contribution in [-0.4, -0.2) is 38.6 Å². The van der Waals surface area contributed by atoms with Crippen molar-refractivity contribution in [3.05, 3.63) is 65.2 Å². The first-order valence-electron chi connectivity index (χ1n) is 9.46. The number of hydrogen-bond acceptors (Lipinski definition) is 3. The smallest absolute Gasteiger partial charge is 0.416 e. The van der Waals surface area contributed by atoms with Gasteiger partial charge in [0.15, 0.2) is 0 Å². The lowest BCUT2D eigenvalue weighted by Crippen LogP contribution is -2.35. The first-order chi connectivity index (χ1) is 13.7. The van der Waals surface area contributed by atoms with Crippen molar-refractivity contribution >= 4 is 5.91 Å². The average Bonchev–Trinajstić information content (AvgIpc) is 3.48. The second-order valence-electron chi connectivity index (χ2n) is 7.57. The summed E-state index contributed by atoms with van der Waals surface area (Å²) < 4.78 is 43.3. The molecule has 0 aliphatic heterocycles. The normalized spacial score (nSPS) is 19.7. The molecule has 2 aromatic rings. The van der Waals surface area contributed by atoms with Crippen molar-refractivity contribution in [2.24, 2.45) is 5.92 Å². The number of alkyl halides is 3. The van der Waals surface area contributed by atoms with Crippen molar-refractivity contribution in [2.75, 3.05) is 27.7 Å². The highest BCUT2D eigenvalue weighted by Gasteiger charge is 2.44. The summed E-state index contributed by atoms with van der Waals surface area (Å²) in [7, 11) is 5.51. The van der Waals surface area contributed by atoms with Crippen molar-refractivity contribution in [3.8, 4) is 5.75 Å². The second kappa shape index (κ2) is 8.45. The van der Waals surface area contributed by atoms with Crippen molar-refractivity contribution in [2.45, 2.75) is 24.6 Å². The fourth-order valence-electron chi connectivity index (χ4n) is 3.53. The fourth-order valence-corrected chi connectivity index (χ4v) is 3.53. The van der Waals surface area contributed by atoms with Gasteiger partial charge >= 0.3 is 6.18 Å². The molecule has 1 N–H and O–H groups in total. The molecule has 4 nitrogen and oxygen atoms in total. The summed E-state index contributed by atoms with van der Waals surface area (Å²) in [5.41, 5.74) is 1.17. The highest BCUT2D eigenvalue weighted by atomic mass is 19.4. The molecule has 1 aliphatic rings. The first-order valence-corrected chi connectivity index (χ1v) is 9.46. The minimum absolute atomic E-state index is 0.00752. The number of ether oxygens (including phenoxy) is 1. The van der Waals surface area contributed by atoms with E-state index in [9.17, 15) is 18.0 Å². The molecule has 7 heteroatoms. The van der Waals surface area contributed by atoms with Gasteiger partial charge in [-0.25, -0.2) is 0 Å². The third-order valence-electron chi connectivity index (χ3n) is 5.39. The number of benzene rings is 2. The Labute approximate surface area is 168 Å². The van der Waals surface area contributed by atoms with Crippen molar-refractivity contribution in [1.82, 2.24) is 10.2 Å². The van der Waals surface area contributed by atoms with Crippen LogP contribution in [0.5, 0.6) is 5.75 Å². The maximum atomic E-state index is 12.7. The third kappa shape index (κ3) is 5.09. The largest absolute Gasteiger partial charge is 0.497 e. The summed E-state index contributed by atoms with van der Waals surface area (Å²) in [5, 5.41) is 3.00. The quantitative estimate of drug-likeness (QED) is 0.748. The molecule has 3 unspecified atom stereocenters. The zero-order valence-corrected chi connectivity index (χ0v) is 16.7. The van der Waals surface area contributed by atoms with Crippen LogP contribution in [0.4, 0.5) is 13.2 Å². The van der Waals surface area contributed by atoms with Gasteiger partial charge in [0, 0.05) is 12.5 Å². The van der Waals surface area contributed by atoms with Crippen LogP contribution in [0.2, 0.25) is 0 Å². The minimum Gasteiger partial charge on any atom is -0.497 e. The van der Waals surface area contributed by atoms with Crippen molar-refractivity contribution < 1.29 is 22.7 Å². The Kier molecular flexibility index (Phi) is 6.17. The van der Waals surface area contributed by atoms with Crippen molar-refractivity contribution in [3.63, 3.8) is 0 Å². The molecule has 156 valence electrons. The third-order valence-corrected chi connectivity index (χ3v) is 5.39. The van der Waals surface area contributed by atoms with E-state index in [1.165, 1.54) is 12.1 Å². The van der Waals surface area contributed by atoms with Gasteiger partial charge < -0.3 is 15.0 Å². The molecule has 29 heavy (non-hydrogen) atoms. The number of rotatable bonds is 7. The molecule has 1 amide bonds. The van der Waals surface area contributed by atoms with E-state index in [0.717, 1.165) is 29.0 Å². The van der Waals surface area contributed by atoms with E-state index in [0.29, 0.717) is 13.0 Å². The molecule has 3 atom stereocenters. The maximum Gasteiger partial charge on any atom is 0.416 e. The molecule has 1 saturated carbocycles. The Bertz CT molecular complexity index is 833. The fraction of sp³-hybridized carbons (Fsp3) is 0.409. The number of amides is 1. The van der Waals surface area contributed by atoms with Crippen LogP contribution in [-0.2, 0) is 11.0 Å². The molecule has 0 radical (unpaired) electrons. The first kappa shape index (κ1) is 21.2. The SMILES string of the molecule is COc1ccc(C(CNC(=O)C2CC2c2ccc(C(F)(F)F)cc2)N(C)C)cc1. The molecule has 0 spiro atoms. The summed E-state index contributed by atoms with van der Waals surface area (Å²) >= 11 is 0. The van der Waals surface area contributed by atoms with E-state index in [1.54, 1.807) is 7.11 Å². The lowest BCUT2D eigenvalue weighted by molar-refractivity contribution is -0.137. The van der Waals surface area contributed by atoms with Gasteiger partial charge in [0.2, 0.25) is 5.91 Å². The number of methoxy groups -OCH3 is 1. The van der Waals surface area contributed by atoms with Gasteiger partial charge in [0.1, 0.15) is 5.75 Å². The number of carbonyl (C=O) groups is 1. The summed E-state index contributed by atoms with van der Waals surface area (Å²) in [6.45, 7) is 0.453. The van der Waals surface area contributed by atoms with Crippen LogP contribution in [0.25, 0.3) is 0 Å². The van der Waals surface area contributed by atoms with Gasteiger partial charge in [-0.3, -0.25) is 4.79 Å². The van der Waals surface area contributed by atoms with Crippen LogP contribution < -0.4 is 10.1 Å². The Morgan fingerprint density at radius 3 is 2.28 bits per heavy atom. The molecule has 1 aliphatic carbocycles. The zero-order chi connectivity index (χ0) is 21.2. The number of hydrogen-bond donors (Lipinski definition) is 1. The summed E-state index contributed by atoms with van der Waals surface area (Å²) in [6, 6.07) is 12.8. The van der Waals surface area contributed by atoms with E-state index < -0.39 is 11.7 Å². The molecule has 3 rings (SSSR count). The number of halogens is 3. The second-order valence-corrected chi connectivity index (χ2v) is 7.57. The molecular weight excluding hydrogens is 381 g/mol. The van der Waals surface area contributed by atoms with Gasteiger partial charge in [-0.1, -0.05) is 24.3 Å². The Morgan fingerprint density at radius 2 is 1.76 bits per heavy atom. The predicted molar refractivity (Wildman–Crippen MR) is 105 cm³/mol. The number of nitrogens with one attached hydrogen (secondary N) is 1. The maximum absolute atomic E-state index is 12.7. The summed E-state index contributed by atoms with van der Waals surface area (Å²) in [6.07, 6.45) is -3.69. The van der Waals surface area contributed by atoms with E-state index in [-0.39, 0.29) is 23.8 Å². The predicted octanol–water partition coefficient (Wildman–Crippen LogP) is 4.24. The lowest BCUT2D eigenvalue weighted by atomic mass is 10.0. The van der Waals surface area contributed by atoms with Crippen LogP contribution >= 0.6 is 0 Å². The molecule has 1 fully saturated rings. The zero-order valence-electron chi connectivity index (χ0n) is 16.7. The molecule has 0 bridgehead atoms. The Balaban J connectivity index is 1.57. The van der Waals surface area contributed by atoms with E-state index >= 15 is 0 Å². The number of nitrogens with zero attached hydrogens (tertiary/aromatic N) is 1. The number of likely N-dealkylation sites (N-methyl/N-ethyl adjacent to an activating group) is 1. The van der Waals surface area contributed by atoms with Gasteiger partial charge in [0.25, 0.3) is 0 Å². The van der Waals surface area contributed by atoms with E-state index in [1.807, 2.05) is 43.3 Å². The molecule has 0 saturated heterocycles. The highest BCUT2D eigenvalue weighted by molar-refractivity contribution is 5.82. The van der Waals surface area contributed by atoms with E-state index in [4.69, 9.17) is 4.74 Å². The van der Waals surface area contributed by atoms with Crippen LogP contribution in [0.3, 0.4) is 0 Å². The molecular formula is C22H25F3N2O2. The van der Waals surface area contributed by atoms with E-state index in [2.05, 4.69) is 5.32 Å². The molecule has 2 aromatic carbocycles. The van der Waals surface area contributed by atoms with Gasteiger partial charge in [0.05, 0.1) is 18.7 Å². The van der Waals surface area contributed by atoms with Gasteiger partial charge in [-0.2, -0.15) is 13.2 Å². The summed E-state index contributed by atoms with van der Waals surface area (Å²) in [4.78, 5) is 14.6. The molecule has 0 aromatic heterocycles. The summed E-state index contributed by atoms with van der Waals surface area (Å²) in [5.74, 6) is 0.504. The number of carbonyl (C=O) groups excluding carboxylic acids is 1. The molecule has 0 heterocycles.